The van der Waals surface area contributed by atoms with Gasteiger partial charge in [-0.15, -0.1) is 0 Å². The van der Waals surface area contributed by atoms with Crippen molar-refractivity contribution < 1.29 is 22.7 Å². The standard InChI is InChI=1S/C16H24N2O5S/c1-4-23-15-8-6-5-7-13(15)16(19)17-14-10-22-9-12(14)11-24(20,21)18(2)3/h5-8,12,14H,4,9-11H2,1-3H3,(H,17,19). The van der Waals surface area contributed by atoms with Crippen molar-refractivity contribution in [3.63, 3.8) is 0 Å². The van der Waals surface area contributed by atoms with Gasteiger partial charge in [-0.25, -0.2) is 12.7 Å². The SMILES string of the molecule is CCOc1ccccc1C(=O)NC1COCC1CS(=O)(=O)N(C)C. The van der Waals surface area contributed by atoms with Gasteiger partial charge in [-0.05, 0) is 19.1 Å². The zero-order valence-electron chi connectivity index (χ0n) is 14.2. The Hall–Kier alpha value is -1.64. The van der Waals surface area contributed by atoms with Crippen LogP contribution in [0.15, 0.2) is 24.3 Å². The number of rotatable bonds is 7. The fourth-order valence-electron chi connectivity index (χ4n) is 2.52. The van der Waals surface area contributed by atoms with Crippen molar-refractivity contribution in [2.75, 3.05) is 39.7 Å². The molecule has 1 heterocycles. The molecule has 0 bridgehead atoms. The number of amides is 1. The van der Waals surface area contributed by atoms with E-state index in [9.17, 15) is 13.2 Å². The predicted octanol–water partition coefficient (Wildman–Crippen LogP) is 0.722. The van der Waals surface area contributed by atoms with Gasteiger partial charge in [-0.1, -0.05) is 12.1 Å². The van der Waals surface area contributed by atoms with Crippen LogP contribution in [0.1, 0.15) is 17.3 Å². The molecule has 1 aromatic carbocycles. The Labute approximate surface area is 143 Å². The van der Waals surface area contributed by atoms with E-state index in [0.29, 0.717) is 31.1 Å². The van der Waals surface area contributed by atoms with Crippen LogP contribution < -0.4 is 10.1 Å². The van der Waals surface area contributed by atoms with Gasteiger partial charge >= 0.3 is 0 Å². The molecule has 1 fully saturated rings. The number of carbonyl (C=O) groups is 1. The highest BCUT2D eigenvalue weighted by molar-refractivity contribution is 7.89. The van der Waals surface area contributed by atoms with Crippen molar-refractivity contribution >= 4 is 15.9 Å². The van der Waals surface area contributed by atoms with E-state index in [1.807, 2.05) is 6.92 Å². The van der Waals surface area contributed by atoms with Crippen molar-refractivity contribution in [1.29, 1.82) is 0 Å². The fraction of sp³-hybridized carbons (Fsp3) is 0.562. The van der Waals surface area contributed by atoms with Crippen LogP contribution in [-0.2, 0) is 14.8 Å². The minimum Gasteiger partial charge on any atom is -0.493 e. The van der Waals surface area contributed by atoms with E-state index in [-0.39, 0.29) is 23.6 Å². The smallest absolute Gasteiger partial charge is 0.255 e. The average molecular weight is 356 g/mol. The fourth-order valence-corrected chi connectivity index (χ4v) is 3.69. The predicted molar refractivity (Wildman–Crippen MR) is 90.6 cm³/mol. The zero-order valence-corrected chi connectivity index (χ0v) is 15.0. The van der Waals surface area contributed by atoms with Crippen molar-refractivity contribution in [3.05, 3.63) is 29.8 Å². The zero-order chi connectivity index (χ0) is 17.7. The second-order valence-corrected chi connectivity index (χ2v) is 8.10. The summed E-state index contributed by atoms with van der Waals surface area (Å²) in [6.45, 7) is 2.92. The molecule has 8 heteroatoms. The summed E-state index contributed by atoms with van der Waals surface area (Å²) >= 11 is 0. The van der Waals surface area contributed by atoms with Crippen LogP contribution in [0.3, 0.4) is 0 Å². The number of hydrogen-bond donors (Lipinski definition) is 1. The molecule has 7 nitrogen and oxygen atoms in total. The van der Waals surface area contributed by atoms with Crippen molar-refractivity contribution in [2.24, 2.45) is 5.92 Å². The molecule has 1 aliphatic heterocycles. The number of para-hydroxylation sites is 1. The van der Waals surface area contributed by atoms with Crippen LogP contribution in [0, 0.1) is 5.92 Å². The van der Waals surface area contributed by atoms with Crippen LogP contribution in [-0.4, -0.2) is 64.3 Å². The highest BCUT2D eigenvalue weighted by Crippen LogP contribution is 2.21. The molecule has 0 aromatic heterocycles. The van der Waals surface area contributed by atoms with Gasteiger partial charge in [0.25, 0.3) is 5.91 Å². The Bertz CT molecular complexity index is 675. The lowest BCUT2D eigenvalue weighted by Crippen LogP contribution is -2.43. The Kier molecular flexibility index (Phi) is 6.20. The summed E-state index contributed by atoms with van der Waals surface area (Å²) < 4.78 is 36.2. The second kappa shape index (κ2) is 7.96. The van der Waals surface area contributed by atoms with Gasteiger partial charge in [0.15, 0.2) is 0 Å². The topological polar surface area (TPSA) is 84.9 Å². The first-order chi connectivity index (χ1) is 11.3. The third-order valence-corrected chi connectivity index (χ3v) is 5.89. The molecule has 2 unspecified atom stereocenters. The Morgan fingerprint density at radius 1 is 1.33 bits per heavy atom. The van der Waals surface area contributed by atoms with Gasteiger partial charge in [0.2, 0.25) is 10.0 Å². The van der Waals surface area contributed by atoms with Gasteiger partial charge in [-0.2, -0.15) is 0 Å². The van der Waals surface area contributed by atoms with Gasteiger partial charge in [0, 0.05) is 20.0 Å². The average Bonchev–Trinajstić information content (AvgIpc) is 2.94. The van der Waals surface area contributed by atoms with E-state index < -0.39 is 10.0 Å². The molecule has 134 valence electrons. The number of sulfonamides is 1. The highest BCUT2D eigenvalue weighted by Gasteiger charge is 2.34. The van der Waals surface area contributed by atoms with Crippen LogP contribution in [0.2, 0.25) is 0 Å². The van der Waals surface area contributed by atoms with Crippen LogP contribution >= 0.6 is 0 Å². The molecule has 1 aromatic rings. The van der Waals surface area contributed by atoms with Crippen molar-refractivity contribution in [2.45, 2.75) is 13.0 Å². The molecule has 2 rings (SSSR count). The van der Waals surface area contributed by atoms with E-state index in [1.165, 1.54) is 18.4 Å². The maximum atomic E-state index is 12.5. The monoisotopic (exact) mass is 356 g/mol. The molecule has 0 aliphatic carbocycles. The molecular weight excluding hydrogens is 332 g/mol. The Balaban J connectivity index is 2.08. The van der Waals surface area contributed by atoms with Crippen molar-refractivity contribution in [3.8, 4) is 5.75 Å². The molecule has 0 spiro atoms. The summed E-state index contributed by atoms with van der Waals surface area (Å²) in [5.41, 5.74) is 0.431. The number of nitrogens with one attached hydrogen (secondary N) is 1. The van der Waals surface area contributed by atoms with E-state index in [4.69, 9.17) is 9.47 Å². The van der Waals surface area contributed by atoms with Crippen LogP contribution in [0.4, 0.5) is 0 Å². The largest absolute Gasteiger partial charge is 0.493 e. The van der Waals surface area contributed by atoms with Gasteiger partial charge in [0.05, 0.1) is 37.2 Å². The second-order valence-electron chi connectivity index (χ2n) is 5.87. The number of benzene rings is 1. The summed E-state index contributed by atoms with van der Waals surface area (Å²) in [6, 6.07) is 6.63. The Morgan fingerprint density at radius 2 is 2.04 bits per heavy atom. The highest BCUT2D eigenvalue weighted by atomic mass is 32.2. The number of nitrogens with zero attached hydrogens (tertiary/aromatic N) is 1. The molecule has 2 atom stereocenters. The summed E-state index contributed by atoms with van der Waals surface area (Å²) in [5.74, 6) is -0.116. The van der Waals surface area contributed by atoms with Gasteiger partial charge in [-0.3, -0.25) is 4.79 Å². The number of ether oxygens (including phenoxy) is 2. The summed E-state index contributed by atoms with van der Waals surface area (Å²) in [5, 5.41) is 2.88. The first-order valence-corrected chi connectivity index (χ1v) is 9.46. The lowest BCUT2D eigenvalue weighted by atomic mass is 10.1. The summed E-state index contributed by atoms with van der Waals surface area (Å²) in [7, 11) is -0.360. The van der Waals surface area contributed by atoms with Gasteiger partial charge < -0.3 is 14.8 Å². The lowest BCUT2D eigenvalue weighted by molar-refractivity contribution is 0.0922. The van der Waals surface area contributed by atoms with E-state index in [2.05, 4.69) is 5.32 Å². The lowest BCUT2D eigenvalue weighted by Gasteiger charge is -2.21. The maximum Gasteiger partial charge on any atom is 0.255 e. The molecule has 0 saturated carbocycles. The maximum absolute atomic E-state index is 12.5. The molecule has 0 radical (unpaired) electrons. The number of hydrogen-bond acceptors (Lipinski definition) is 5. The van der Waals surface area contributed by atoms with E-state index >= 15 is 0 Å². The molecule has 1 N–H and O–H groups in total. The minimum absolute atomic E-state index is 0.0575. The Morgan fingerprint density at radius 3 is 2.71 bits per heavy atom. The van der Waals surface area contributed by atoms with Crippen LogP contribution in [0.25, 0.3) is 0 Å². The molecule has 1 saturated heterocycles. The normalized spacial score (nSPS) is 21.0. The third kappa shape index (κ3) is 4.46. The third-order valence-electron chi connectivity index (χ3n) is 3.93. The number of carbonyl (C=O) groups excluding carboxylic acids is 1. The summed E-state index contributed by atoms with van der Waals surface area (Å²) in [6.07, 6.45) is 0. The molecular formula is C16H24N2O5S. The molecule has 24 heavy (non-hydrogen) atoms. The minimum atomic E-state index is -3.35. The first kappa shape index (κ1) is 18.7. The quantitative estimate of drug-likeness (QED) is 0.778. The van der Waals surface area contributed by atoms with E-state index in [0.717, 1.165) is 0 Å². The molecule has 1 amide bonds. The van der Waals surface area contributed by atoms with E-state index in [1.54, 1.807) is 24.3 Å². The van der Waals surface area contributed by atoms with Gasteiger partial charge in [0.1, 0.15) is 5.75 Å². The summed E-state index contributed by atoms with van der Waals surface area (Å²) in [4.78, 5) is 12.5. The first-order valence-electron chi connectivity index (χ1n) is 7.85. The van der Waals surface area contributed by atoms with Crippen molar-refractivity contribution in [1.82, 2.24) is 9.62 Å². The van der Waals surface area contributed by atoms with Crippen LogP contribution in [0.5, 0.6) is 5.75 Å². The molecule has 1 aliphatic rings.